The van der Waals surface area contributed by atoms with Gasteiger partial charge in [-0.1, -0.05) is 45.0 Å². The van der Waals surface area contributed by atoms with E-state index in [9.17, 15) is 0 Å². The molecule has 21 heavy (non-hydrogen) atoms. The zero-order valence-corrected chi connectivity index (χ0v) is 14.8. The number of hydrogen-bond acceptors (Lipinski definition) is 2. The Bertz CT molecular complexity index is 572. The van der Waals surface area contributed by atoms with Crippen molar-refractivity contribution in [1.29, 1.82) is 0 Å². The summed E-state index contributed by atoms with van der Waals surface area (Å²) in [5.41, 5.74) is 3.84. The smallest absolute Gasteiger partial charge is 0.0759 e. The van der Waals surface area contributed by atoms with E-state index in [0.717, 1.165) is 17.6 Å². The van der Waals surface area contributed by atoms with Crippen LogP contribution in [0.1, 0.15) is 56.5 Å². The number of rotatable bonds is 6. The second-order valence-corrected chi connectivity index (χ2v) is 6.36. The number of aromatic nitrogens is 2. The second-order valence-electron chi connectivity index (χ2n) is 5.51. The van der Waals surface area contributed by atoms with Gasteiger partial charge in [0, 0.05) is 6.54 Å². The molecule has 0 aliphatic rings. The van der Waals surface area contributed by atoms with Crippen LogP contribution >= 0.6 is 15.9 Å². The molecule has 2 aromatic rings. The molecule has 1 N–H and O–H groups in total. The molecular weight excluding hydrogens is 326 g/mol. The third-order valence-electron chi connectivity index (χ3n) is 3.75. The van der Waals surface area contributed by atoms with Crippen molar-refractivity contribution in [2.75, 3.05) is 6.54 Å². The number of hydrogen-bond donors (Lipinski definition) is 1. The first-order chi connectivity index (χ1) is 10.1. The summed E-state index contributed by atoms with van der Waals surface area (Å²) in [7, 11) is 0. The van der Waals surface area contributed by atoms with Gasteiger partial charge in [-0.15, -0.1) is 0 Å². The first-order valence-electron chi connectivity index (χ1n) is 7.62. The van der Waals surface area contributed by atoms with Crippen molar-refractivity contribution < 1.29 is 0 Å². The lowest BCUT2D eigenvalue weighted by Gasteiger charge is -2.21. The third-order valence-corrected chi connectivity index (χ3v) is 4.36. The Morgan fingerprint density at radius 1 is 1.14 bits per heavy atom. The summed E-state index contributed by atoms with van der Waals surface area (Å²) in [5.74, 6) is 0.560. The van der Waals surface area contributed by atoms with Gasteiger partial charge < -0.3 is 5.32 Å². The van der Waals surface area contributed by atoms with E-state index in [0.29, 0.717) is 5.92 Å². The second kappa shape index (κ2) is 7.23. The Balaban J connectivity index is 2.40. The molecule has 1 atom stereocenters. The fourth-order valence-electron chi connectivity index (χ4n) is 2.56. The van der Waals surface area contributed by atoms with Crippen LogP contribution in [0.15, 0.2) is 34.9 Å². The average Bonchev–Trinajstić information content (AvgIpc) is 2.86. The minimum atomic E-state index is 0.160. The van der Waals surface area contributed by atoms with Gasteiger partial charge in [0.05, 0.1) is 22.4 Å². The van der Waals surface area contributed by atoms with E-state index in [4.69, 9.17) is 0 Å². The molecule has 0 fully saturated rings. The lowest BCUT2D eigenvalue weighted by atomic mass is 9.97. The highest BCUT2D eigenvalue weighted by atomic mass is 79.9. The summed E-state index contributed by atoms with van der Waals surface area (Å²) in [5, 5.41) is 8.01. The Morgan fingerprint density at radius 2 is 1.76 bits per heavy atom. The van der Waals surface area contributed by atoms with Gasteiger partial charge >= 0.3 is 0 Å². The summed E-state index contributed by atoms with van der Waals surface area (Å²) in [6.07, 6.45) is 1.88. The minimum Gasteiger partial charge on any atom is -0.305 e. The van der Waals surface area contributed by atoms with Gasteiger partial charge in [-0.2, -0.15) is 5.10 Å². The van der Waals surface area contributed by atoms with Crippen LogP contribution in [-0.4, -0.2) is 16.3 Å². The van der Waals surface area contributed by atoms with Gasteiger partial charge in [0.2, 0.25) is 0 Å². The van der Waals surface area contributed by atoms with Crippen LogP contribution in [0.2, 0.25) is 0 Å². The van der Waals surface area contributed by atoms with Gasteiger partial charge in [-0.3, -0.25) is 4.68 Å². The molecule has 1 unspecified atom stereocenters. The van der Waals surface area contributed by atoms with Crippen molar-refractivity contribution in [2.45, 2.75) is 46.2 Å². The van der Waals surface area contributed by atoms with E-state index in [1.54, 1.807) is 0 Å². The number of halogens is 1. The molecule has 1 heterocycles. The zero-order chi connectivity index (χ0) is 15.4. The molecule has 0 radical (unpaired) electrons. The standard InChI is InChI=1S/C17H24BrN3/c1-5-19-16(17-15(18)11-20-21(17)6-2)14-9-7-13(8-10-14)12(3)4/h7-12,16,19H,5-6H2,1-4H3. The minimum absolute atomic E-state index is 0.160. The molecule has 4 heteroatoms. The molecule has 0 aliphatic heterocycles. The number of aryl methyl sites for hydroxylation is 1. The average molecular weight is 350 g/mol. The van der Waals surface area contributed by atoms with Gasteiger partial charge in [-0.25, -0.2) is 0 Å². The van der Waals surface area contributed by atoms with E-state index in [2.05, 4.69) is 78.3 Å². The van der Waals surface area contributed by atoms with Crippen molar-refractivity contribution in [3.05, 3.63) is 51.8 Å². The zero-order valence-electron chi connectivity index (χ0n) is 13.2. The first kappa shape index (κ1) is 16.2. The normalized spacial score (nSPS) is 12.9. The highest BCUT2D eigenvalue weighted by Crippen LogP contribution is 2.29. The Hall–Kier alpha value is -1.13. The Kier molecular flexibility index (Phi) is 5.59. The predicted octanol–water partition coefficient (Wildman–Crippen LogP) is 4.49. The maximum atomic E-state index is 4.44. The Labute approximate surface area is 135 Å². The predicted molar refractivity (Wildman–Crippen MR) is 91.7 cm³/mol. The molecule has 1 aromatic heterocycles. The summed E-state index contributed by atoms with van der Waals surface area (Å²) in [6, 6.07) is 9.06. The van der Waals surface area contributed by atoms with Crippen LogP contribution in [0.5, 0.6) is 0 Å². The van der Waals surface area contributed by atoms with Crippen LogP contribution in [0.4, 0.5) is 0 Å². The molecule has 0 aliphatic carbocycles. The summed E-state index contributed by atoms with van der Waals surface area (Å²) >= 11 is 3.64. The fraction of sp³-hybridized carbons (Fsp3) is 0.471. The SMILES string of the molecule is CCNC(c1ccc(C(C)C)cc1)c1c(Br)cnn1CC. The number of nitrogens with zero attached hydrogens (tertiary/aromatic N) is 2. The van der Waals surface area contributed by atoms with Crippen LogP contribution in [0.25, 0.3) is 0 Å². The number of benzene rings is 1. The molecule has 0 saturated heterocycles. The molecule has 2 rings (SSSR count). The van der Waals surface area contributed by atoms with Gasteiger partial charge in [0.25, 0.3) is 0 Å². The quantitative estimate of drug-likeness (QED) is 0.832. The molecule has 0 spiro atoms. The highest BCUT2D eigenvalue weighted by Gasteiger charge is 2.20. The molecular formula is C17H24BrN3. The summed E-state index contributed by atoms with van der Waals surface area (Å²) in [4.78, 5) is 0. The monoisotopic (exact) mass is 349 g/mol. The van der Waals surface area contributed by atoms with Crippen molar-refractivity contribution in [3.8, 4) is 0 Å². The van der Waals surface area contributed by atoms with E-state index in [1.807, 2.05) is 10.9 Å². The number of nitrogens with one attached hydrogen (secondary N) is 1. The first-order valence-corrected chi connectivity index (χ1v) is 8.42. The molecule has 114 valence electrons. The lowest BCUT2D eigenvalue weighted by molar-refractivity contribution is 0.540. The van der Waals surface area contributed by atoms with Crippen LogP contribution in [0.3, 0.4) is 0 Å². The summed E-state index contributed by atoms with van der Waals surface area (Å²) < 4.78 is 3.11. The maximum Gasteiger partial charge on any atom is 0.0759 e. The molecule has 0 bridgehead atoms. The van der Waals surface area contributed by atoms with E-state index in [1.165, 1.54) is 16.8 Å². The maximum absolute atomic E-state index is 4.44. The van der Waals surface area contributed by atoms with Crippen molar-refractivity contribution >= 4 is 15.9 Å². The van der Waals surface area contributed by atoms with E-state index < -0.39 is 0 Å². The van der Waals surface area contributed by atoms with Crippen LogP contribution in [0, 0.1) is 0 Å². The fourth-order valence-corrected chi connectivity index (χ4v) is 3.09. The molecule has 1 aromatic carbocycles. The Morgan fingerprint density at radius 3 is 2.29 bits per heavy atom. The van der Waals surface area contributed by atoms with E-state index in [-0.39, 0.29) is 6.04 Å². The van der Waals surface area contributed by atoms with Crippen molar-refractivity contribution in [2.24, 2.45) is 0 Å². The lowest BCUT2D eigenvalue weighted by Crippen LogP contribution is -2.25. The van der Waals surface area contributed by atoms with Gasteiger partial charge in [-0.05, 0) is 46.4 Å². The summed E-state index contributed by atoms with van der Waals surface area (Å²) in [6.45, 7) is 10.5. The van der Waals surface area contributed by atoms with Crippen molar-refractivity contribution in [1.82, 2.24) is 15.1 Å². The van der Waals surface area contributed by atoms with E-state index >= 15 is 0 Å². The highest BCUT2D eigenvalue weighted by molar-refractivity contribution is 9.10. The molecule has 3 nitrogen and oxygen atoms in total. The molecule has 0 saturated carbocycles. The van der Waals surface area contributed by atoms with Gasteiger partial charge in [0.15, 0.2) is 0 Å². The molecule has 0 amide bonds. The topological polar surface area (TPSA) is 29.9 Å². The van der Waals surface area contributed by atoms with Crippen LogP contribution < -0.4 is 5.32 Å². The largest absolute Gasteiger partial charge is 0.305 e. The third kappa shape index (κ3) is 3.55. The van der Waals surface area contributed by atoms with Crippen LogP contribution in [-0.2, 0) is 6.54 Å². The van der Waals surface area contributed by atoms with Gasteiger partial charge in [0.1, 0.15) is 0 Å². The van der Waals surface area contributed by atoms with Crippen molar-refractivity contribution in [3.63, 3.8) is 0 Å².